The number of hydrogen-bond acceptors (Lipinski definition) is 8. The van der Waals surface area contributed by atoms with E-state index in [4.69, 9.17) is 24.8 Å². The molecule has 0 N–H and O–H groups in total. The fraction of sp³-hybridized carbons (Fsp3) is 0.412. The zero-order chi connectivity index (χ0) is 31.0. The molecule has 1 aromatic carbocycles. The number of ether oxygens (including phenoxy) is 1. The third-order valence-corrected chi connectivity index (χ3v) is 11.0. The normalized spacial score (nSPS) is 17.3. The van der Waals surface area contributed by atoms with Gasteiger partial charge in [-0.2, -0.15) is 5.10 Å². The van der Waals surface area contributed by atoms with Crippen molar-refractivity contribution in [3.05, 3.63) is 78.6 Å². The van der Waals surface area contributed by atoms with Crippen molar-refractivity contribution in [3.8, 4) is 22.4 Å². The van der Waals surface area contributed by atoms with Crippen LogP contribution in [0.25, 0.3) is 33.5 Å². The van der Waals surface area contributed by atoms with E-state index >= 15 is 0 Å². The number of piperidine rings is 1. The van der Waals surface area contributed by atoms with Gasteiger partial charge >= 0.3 is 0 Å². The molecule has 234 valence electrons. The first-order valence-electron chi connectivity index (χ1n) is 16.0. The molecular weight excluding hydrogens is 586 g/mol. The molecule has 7 rings (SSSR count). The predicted molar refractivity (Wildman–Crippen MR) is 174 cm³/mol. The summed E-state index contributed by atoms with van der Waals surface area (Å²) in [6.45, 7) is 9.01. The molecule has 45 heavy (non-hydrogen) atoms. The topological polar surface area (TPSA) is 108 Å². The molecule has 2 saturated heterocycles. The van der Waals surface area contributed by atoms with E-state index in [-0.39, 0.29) is 10.5 Å². The lowest BCUT2D eigenvalue weighted by Crippen LogP contribution is -2.34. The van der Waals surface area contributed by atoms with E-state index in [0.717, 1.165) is 81.8 Å². The van der Waals surface area contributed by atoms with Crippen molar-refractivity contribution in [1.82, 2.24) is 33.6 Å². The third kappa shape index (κ3) is 5.69. The Morgan fingerprint density at radius 2 is 1.69 bits per heavy atom. The Balaban J connectivity index is 1.32. The quantitative estimate of drug-likeness (QED) is 0.216. The van der Waals surface area contributed by atoms with Gasteiger partial charge in [-0.25, -0.2) is 22.4 Å². The van der Waals surface area contributed by atoms with Crippen molar-refractivity contribution in [2.24, 2.45) is 0 Å². The van der Waals surface area contributed by atoms with Crippen LogP contribution < -0.4 is 0 Å². The van der Waals surface area contributed by atoms with Crippen molar-refractivity contribution < 1.29 is 13.2 Å². The first-order valence-corrected chi connectivity index (χ1v) is 17.4. The molecule has 0 unspecified atom stereocenters. The lowest BCUT2D eigenvalue weighted by atomic mass is 9.91. The second kappa shape index (κ2) is 12.5. The van der Waals surface area contributed by atoms with Crippen LogP contribution in [0.4, 0.5) is 0 Å². The molecule has 11 heteroatoms. The molecule has 0 bridgehead atoms. The molecule has 10 nitrogen and oxygen atoms in total. The first-order chi connectivity index (χ1) is 22.0. The number of benzene rings is 1. The molecule has 0 amide bonds. The molecule has 4 aromatic heterocycles. The summed E-state index contributed by atoms with van der Waals surface area (Å²) < 4.78 is 36.6. The Bertz CT molecular complexity index is 1900. The Morgan fingerprint density at radius 1 is 0.911 bits per heavy atom. The molecule has 0 aliphatic carbocycles. The fourth-order valence-electron chi connectivity index (χ4n) is 6.66. The zero-order valence-electron chi connectivity index (χ0n) is 25.8. The summed E-state index contributed by atoms with van der Waals surface area (Å²) in [6, 6.07) is 10.9. The number of nitrogens with zero attached hydrogens (tertiary/aromatic N) is 7. The van der Waals surface area contributed by atoms with Gasteiger partial charge in [-0.15, -0.1) is 0 Å². The van der Waals surface area contributed by atoms with Gasteiger partial charge in [0.15, 0.2) is 5.65 Å². The van der Waals surface area contributed by atoms with Gasteiger partial charge in [0.1, 0.15) is 5.52 Å². The van der Waals surface area contributed by atoms with Crippen LogP contribution in [0.5, 0.6) is 0 Å². The lowest BCUT2D eigenvalue weighted by Gasteiger charge is -2.31. The Kier molecular flexibility index (Phi) is 8.24. The molecule has 0 spiro atoms. The van der Waals surface area contributed by atoms with Crippen LogP contribution in [0.3, 0.4) is 0 Å². The van der Waals surface area contributed by atoms with Crippen molar-refractivity contribution >= 4 is 21.2 Å². The molecule has 0 atom stereocenters. The van der Waals surface area contributed by atoms with Crippen LogP contribution in [0.1, 0.15) is 62.7 Å². The molecular formula is C34H39N7O3S. The average Bonchev–Trinajstić information content (AvgIpc) is 3.74. The Hall–Kier alpha value is -3.93. The van der Waals surface area contributed by atoms with E-state index in [1.54, 1.807) is 42.7 Å². The highest BCUT2D eigenvalue weighted by atomic mass is 32.2. The molecule has 6 heterocycles. The number of rotatable bonds is 8. The zero-order valence-corrected chi connectivity index (χ0v) is 26.7. The van der Waals surface area contributed by atoms with Crippen molar-refractivity contribution in [2.45, 2.75) is 62.8 Å². The molecule has 0 saturated carbocycles. The molecule has 2 aliphatic rings. The van der Waals surface area contributed by atoms with E-state index < -0.39 is 10.0 Å². The summed E-state index contributed by atoms with van der Waals surface area (Å²) in [5.74, 6) is 0.394. The number of likely N-dealkylation sites (tertiary alicyclic amines) is 1. The van der Waals surface area contributed by atoms with Gasteiger partial charge < -0.3 is 9.64 Å². The van der Waals surface area contributed by atoms with E-state index in [0.29, 0.717) is 28.7 Å². The fourth-order valence-corrected chi connectivity index (χ4v) is 8.00. The SMILES string of the molecule is CCc1cc(-c2cnc3c(n2)c(-c2cnn(C4CCN(CC)CC4)c2)cn3S(=O)(=O)c2ccccc2)cnc1C1CCOCC1. The Morgan fingerprint density at radius 3 is 2.42 bits per heavy atom. The van der Waals surface area contributed by atoms with Gasteiger partial charge in [0, 0.05) is 73.2 Å². The van der Waals surface area contributed by atoms with Crippen LogP contribution in [0, 0.1) is 0 Å². The van der Waals surface area contributed by atoms with Crippen LogP contribution in [0.2, 0.25) is 0 Å². The maximum Gasteiger partial charge on any atom is 0.269 e. The van der Waals surface area contributed by atoms with E-state index in [1.165, 1.54) is 9.54 Å². The predicted octanol–water partition coefficient (Wildman–Crippen LogP) is 5.71. The summed E-state index contributed by atoms with van der Waals surface area (Å²) in [5.41, 5.74) is 6.13. The van der Waals surface area contributed by atoms with E-state index in [1.807, 2.05) is 23.3 Å². The monoisotopic (exact) mass is 625 g/mol. The highest BCUT2D eigenvalue weighted by Crippen LogP contribution is 2.35. The molecule has 2 aliphatic heterocycles. The highest BCUT2D eigenvalue weighted by Gasteiger charge is 2.27. The largest absolute Gasteiger partial charge is 0.381 e. The molecule has 0 radical (unpaired) electrons. The van der Waals surface area contributed by atoms with E-state index in [2.05, 4.69) is 24.8 Å². The maximum absolute atomic E-state index is 13.9. The number of pyridine rings is 1. The second-order valence-corrected chi connectivity index (χ2v) is 13.8. The minimum atomic E-state index is -3.92. The second-order valence-electron chi connectivity index (χ2n) is 12.0. The van der Waals surface area contributed by atoms with Gasteiger partial charge in [-0.1, -0.05) is 32.0 Å². The number of aromatic nitrogens is 6. The third-order valence-electron chi connectivity index (χ3n) is 9.34. The standard InChI is InChI=1S/C34H39N7O3S/c1-3-24-18-26(19-35-32(24)25-12-16-44-17-13-25)31-21-36-34-33(38-31)30(23-41(34)45(42,43)29-8-6-5-7-9-29)27-20-37-40(22-27)28-10-14-39(4-2)15-11-28/h5-9,18-23,25,28H,3-4,10-17H2,1-2H3. The highest BCUT2D eigenvalue weighted by molar-refractivity contribution is 7.90. The average molecular weight is 626 g/mol. The first kappa shape index (κ1) is 29.8. The number of hydrogen-bond donors (Lipinski definition) is 0. The lowest BCUT2D eigenvalue weighted by molar-refractivity contribution is 0.0843. The number of aryl methyl sites for hydroxylation is 1. The van der Waals surface area contributed by atoms with Crippen LogP contribution in [-0.4, -0.2) is 74.9 Å². The summed E-state index contributed by atoms with van der Waals surface area (Å²) in [5, 5.41) is 4.73. The number of fused-ring (bicyclic) bond motifs is 1. The Labute approximate surface area is 264 Å². The maximum atomic E-state index is 13.9. The van der Waals surface area contributed by atoms with Crippen molar-refractivity contribution in [1.29, 1.82) is 0 Å². The van der Waals surface area contributed by atoms with E-state index in [9.17, 15) is 8.42 Å². The van der Waals surface area contributed by atoms with Crippen molar-refractivity contribution in [3.63, 3.8) is 0 Å². The van der Waals surface area contributed by atoms with Crippen LogP contribution >= 0.6 is 0 Å². The summed E-state index contributed by atoms with van der Waals surface area (Å²) >= 11 is 0. The molecule has 2 fully saturated rings. The molecule has 5 aromatic rings. The van der Waals surface area contributed by atoms with Gasteiger partial charge in [0.2, 0.25) is 0 Å². The summed E-state index contributed by atoms with van der Waals surface area (Å²) in [4.78, 5) is 17.3. The van der Waals surface area contributed by atoms with Crippen LogP contribution in [0.15, 0.2) is 72.3 Å². The van der Waals surface area contributed by atoms with Crippen LogP contribution in [-0.2, 0) is 21.2 Å². The van der Waals surface area contributed by atoms with Gasteiger partial charge in [-0.05, 0) is 62.4 Å². The minimum Gasteiger partial charge on any atom is -0.381 e. The van der Waals surface area contributed by atoms with Crippen molar-refractivity contribution in [2.75, 3.05) is 32.8 Å². The van der Waals surface area contributed by atoms with Gasteiger partial charge in [0.05, 0.1) is 29.0 Å². The van der Waals surface area contributed by atoms with Gasteiger partial charge in [-0.3, -0.25) is 9.67 Å². The summed E-state index contributed by atoms with van der Waals surface area (Å²) in [6.07, 6.45) is 13.9. The van der Waals surface area contributed by atoms with Gasteiger partial charge in [0.25, 0.3) is 10.0 Å². The smallest absolute Gasteiger partial charge is 0.269 e. The summed E-state index contributed by atoms with van der Waals surface area (Å²) in [7, 11) is -3.92. The minimum absolute atomic E-state index is 0.193.